The molecule has 0 bridgehead atoms. The van der Waals surface area contributed by atoms with Gasteiger partial charge in [0, 0.05) is 31.1 Å². The first-order valence-electron chi connectivity index (χ1n) is 7.54. The van der Waals surface area contributed by atoms with Crippen molar-refractivity contribution in [2.24, 2.45) is 4.99 Å². The molecule has 3 aromatic rings. The van der Waals surface area contributed by atoms with E-state index < -0.39 is 0 Å². The van der Waals surface area contributed by atoms with Gasteiger partial charge < -0.3 is 15.6 Å². The molecule has 0 spiro atoms. The van der Waals surface area contributed by atoms with Crippen LogP contribution in [0.2, 0.25) is 0 Å². The second-order valence-electron chi connectivity index (χ2n) is 5.17. The number of hydrogen-bond acceptors (Lipinski definition) is 4. The van der Waals surface area contributed by atoms with Gasteiger partial charge >= 0.3 is 0 Å². The molecule has 0 amide bonds. The van der Waals surface area contributed by atoms with Crippen LogP contribution in [-0.4, -0.2) is 34.5 Å². The fraction of sp³-hybridized carbons (Fsp3) is 0.312. The van der Waals surface area contributed by atoms with Crippen LogP contribution in [0.1, 0.15) is 15.7 Å². The average molecular weight is 456 g/mol. The van der Waals surface area contributed by atoms with Crippen LogP contribution in [0, 0.1) is 6.92 Å². The fourth-order valence-corrected chi connectivity index (χ4v) is 3.01. The minimum Gasteiger partial charge on any atom is -0.356 e. The zero-order valence-corrected chi connectivity index (χ0v) is 16.8. The summed E-state index contributed by atoms with van der Waals surface area (Å²) < 4.78 is 0. The Morgan fingerprint density at radius 3 is 2.83 bits per heavy atom. The van der Waals surface area contributed by atoms with Crippen molar-refractivity contribution in [1.29, 1.82) is 0 Å². The van der Waals surface area contributed by atoms with E-state index in [4.69, 9.17) is 0 Å². The third kappa shape index (κ3) is 4.91. The van der Waals surface area contributed by atoms with Gasteiger partial charge in [0.15, 0.2) is 5.96 Å². The molecule has 0 saturated carbocycles. The van der Waals surface area contributed by atoms with E-state index in [9.17, 15) is 0 Å². The normalized spacial score (nSPS) is 11.3. The van der Waals surface area contributed by atoms with Gasteiger partial charge in [0.1, 0.15) is 10.8 Å². The van der Waals surface area contributed by atoms with Gasteiger partial charge in [-0.05, 0) is 19.1 Å². The number of halogens is 1. The third-order valence-corrected chi connectivity index (χ3v) is 4.31. The van der Waals surface area contributed by atoms with Crippen LogP contribution in [0.3, 0.4) is 0 Å². The smallest absolute Gasteiger partial charge is 0.191 e. The molecule has 1 aromatic carbocycles. The Morgan fingerprint density at radius 1 is 1.29 bits per heavy atom. The van der Waals surface area contributed by atoms with E-state index in [0.29, 0.717) is 6.54 Å². The Kier molecular flexibility index (Phi) is 6.98. The van der Waals surface area contributed by atoms with Gasteiger partial charge in [-0.15, -0.1) is 35.3 Å². The second-order valence-corrected chi connectivity index (χ2v) is 6.49. The van der Waals surface area contributed by atoms with Crippen LogP contribution in [-0.2, 0) is 13.0 Å². The number of aryl methyl sites for hydroxylation is 1. The fourth-order valence-electron chi connectivity index (χ4n) is 2.29. The highest BCUT2D eigenvalue weighted by Gasteiger charge is 2.04. The van der Waals surface area contributed by atoms with Crippen molar-refractivity contribution in [3.05, 3.63) is 46.2 Å². The number of thiazole rings is 1. The monoisotopic (exact) mass is 456 g/mol. The Bertz CT molecular complexity index is 777. The molecule has 0 unspecified atom stereocenters. The van der Waals surface area contributed by atoms with E-state index in [-0.39, 0.29) is 24.0 Å². The number of benzene rings is 1. The van der Waals surface area contributed by atoms with Crippen molar-refractivity contribution >= 4 is 52.3 Å². The van der Waals surface area contributed by atoms with Gasteiger partial charge in [0.25, 0.3) is 0 Å². The molecular weight excluding hydrogens is 435 g/mol. The molecule has 3 rings (SSSR count). The minimum absolute atomic E-state index is 0. The van der Waals surface area contributed by atoms with Gasteiger partial charge in [-0.1, -0.05) is 12.1 Å². The molecule has 8 heteroatoms. The summed E-state index contributed by atoms with van der Waals surface area (Å²) in [6.45, 7) is 3.50. The van der Waals surface area contributed by atoms with Crippen LogP contribution >= 0.6 is 35.3 Å². The van der Waals surface area contributed by atoms with Crippen LogP contribution in [0.4, 0.5) is 0 Å². The van der Waals surface area contributed by atoms with Gasteiger partial charge in [0.05, 0.1) is 17.6 Å². The highest BCUT2D eigenvalue weighted by molar-refractivity contribution is 14.0. The number of nitrogens with zero attached hydrogens (tertiary/aromatic N) is 3. The molecule has 3 N–H and O–H groups in total. The molecule has 0 saturated heterocycles. The van der Waals surface area contributed by atoms with E-state index in [0.717, 1.165) is 40.8 Å². The maximum atomic E-state index is 4.57. The lowest BCUT2D eigenvalue weighted by atomic mass is 10.3. The van der Waals surface area contributed by atoms with E-state index in [2.05, 4.69) is 37.5 Å². The summed E-state index contributed by atoms with van der Waals surface area (Å²) in [7, 11) is 1.77. The number of imidazole rings is 1. The highest BCUT2D eigenvalue weighted by atomic mass is 127. The number of guanidine groups is 1. The Hall–Kier alpha value is -1.68. The van der Waals surface area contributed by atoms with Crippen LogP contribution in [0.15, 0.2) is 35.5 Å². The zero-order valence-electron chi connectivity index (χ0n) is 13.7. The second kappa shape index (κ2) is 8.97. The van der Waals surface area contributed by atoms with Crippen molar-refractivity contribution < 1.29 is 0 Å². The Morgan fingerprint density at radius 2 is 2.12 bits per heavy atom. The first-order chi connectivity index (χ1) is 11.2. The molecule has 128 valence electrons. The Balaban J connectivity index is 0.00000208. The van der Waals surface area contributed by atoms with Gasteiger partial charge in [0.2, 0.25) is 0 Å². The number of fused-ring (bicyclic) bond motifs is 1. The highest BCUT2D eigenvalue weighted by Crippen LogP contribution is 2.11. The number of para-hydroxylation sites is 2. The number of aromatic nitrogens is 3. The van der Waals surface area contributed by atoms with Crippen molar-refractivity contribution in [3.63, 3.8) is 0 Å². The number of rotatable bonds is 5. The molecule has 0 aliphatic rings. The molecule has 24 heavy (non-hydrogen) atoms. The molecule has 2 heterocycles. The first kappa shape index (κ1) is 18.7. The van der Waals surface area contributed by atoms with Crippen molar-refractivity contribution in [3.8, 4) is 0 Å². The molecule has 6 nitrogen and oxygen atoms in total. The summed E-state index contributed by atoms with van der Waals surface area (Å²) in [6.07, 6.45) is 2.70. The molecule has 0 aliphatic carbocycles. The maximum absolute atomic E-state index is 4.57. The van der Waals surface area contributed by atoms with Crippen LogP contribution in [0.5, 0.6) is 0 Å². The largest absolute Gasteiger partial charge is 0.356 e. The molecule has 0 aliphatic heterocycles. The van der Waals surface area contributed by atoms with Gasteiger partial charge in [-0.3, -0.25) is 4.99 Å². The van der Waals surface area contributed by atoms with Crippen LogP contribution in [0.25, 0.3) is 11.0 Å². The lowest BCUT2D eigenvalue weighted by Crippen LogP contribution is -2.37. The average Bonchev–Trinajstić information content (AvgIpc) is 3.16. The summed E-state index contributed by atoms with van der Waals surface area (Å²) >= 11 is 1.69. The van der Waals surface area contributed by atoms with E-state index >= 15 is 0 Å². The SMILES string of the molecule is CN=C(NCCc1nc2ccccc2[nH]1)NCc1ncc(C)s1.I. The third-order valence-electron chi connectivity index (χ3n) is 3.39. The lowest BCUT2D eigenvalue weighted by Gasteiger charge is -2.10. The Labute approximate surface area is 162 Å². The number of hydrogen-bond donors (Lipinski definition) is 3. The van der Waals surface area contributed by atoms with Crippen LogP contribution < -0.4 is 10.6 Å². The summed E-state index contributed by atoms with van der Waals surface area (Å²) in [5.74, 6) is 1.75. The number of H-pyrrole nitrogens is 1. The molecular formula is C16H21IN6S. The quantitative estimate of drug-likeness (QED) is 0.314. The zero-order chi connectivity index (χ0) is 16.1. The van der Waals surface area contributed by atoms with Crippen molar-refractivity contribution in [2.75, 3.05) is 13.6 Å². The standard InChI is InChI=1S/C16H20N6S.HI/c1-11-9-19-15(23-11)10-20-16(17-2)18-8-7-14-21-12-5-3-4-6-13(12)22-14;/h3-6,9H,7-8,10H2,1-2H3,(H,21,22)(H2,17,18,20);1H. The summed E-state index contributed by atoms with van der Waals surface area (Å²) in [4.78, 5) is 17.7. The van der Waals surface area contributed by atoms with Crippen molar-refractivity contribution in [1.82, 2.24) is 25.6 Å². The van der Waals surface area contributed by atoms with E-state index in [1.165, 1.54) is 4.88 Å². The van der Waals surface area contributed by atoms with E-state index in [1.807, 2.05) is 30.5 Å². The molecule has 2 aromatic heterocycles. The van der Waals surface area contributed by atoms with Gasteiger partial charge in [-0.2, -0.15) is 0 Å². The predicted molar refractivity (Wildman–Crippen MR) is 110 cm³/mol. The molecule has 0 atom stereocenters. The summed E-state index contributed by atoms with van der Waals surface area (Å²) in [6, 6.07) is 8.06. The van der Waals surface area contributed by atoms with E-state index in [1.54, 1.807) is 18.4 Å². The first-order valence-corrected chi connectivity index (χ1v) is 8.35. The summed E-state index contributed by atoms with van der Waals surface area (Å²) in [5, 5.41) is 7.62. The minimum atomic E-state index is 0. The number of aliphatic imine (C=N–C) groups is 1. The molecule has 0 fully saturated rings. The number of nitrogens with one attached hydrogen (secondary N) is 3. The number of aromatic amines is 1. The maximum Gasteiger partial charge on any atom is 0.191 e. The van der Waals surface area contributed by atoms with Crippen molar-refractivity contribution in [2.45, 2.75) is 19.9 Å². The summed E-state index contributed by atoms with van der Waals surface area (Å²) in [5.41, 5.74) is 2.08. The predicted octanol–water partition coefficient (Wildman–Crippen LogP) is 2.85. The topological polar surface area (TPSA) is 78.0 Å². The lowest BCUT2D eigenvalue weighted by molar-refractivity contribution is 0.775. The van der Waals surface area contributed by atoms with Gasteiger partial charge in [-0.25, -0.2) is 9.97 Å². The molecule has 0 radical (unpaired) electrons.